The summed E-state index contributed by atoms with van der Waals surface area (Å²) in [5.74, 6) is 1.64. The monoisotopic (exact) mass is 782 g/mol. The van der Waals surface area contributed by atoms with Gasteiger partial charge in [-0.05, 0) is 158 Å². The number of anilines is 6. The van der Waals surface area contributed by atoms with Crippen LogP contribution in [0.15, 0.2) is 78.9 Å². The third-order valence-electron chi connectivity index (χ3n) is 15.1. The summed E-state index contributed by atoms with van der Waals surface area (Å²) < 4.78 is 12.5. The minimum atomic E-state index is -0.0133. The largest absolute Gasteiger partial charge is 0.490 e. The first-order chi connectivity index (χ1) is 27.7. The Kier molecular flexibility index (Phi) is 8.30. The third kappa shape index (κ3) is 5.91. The molecule has 5 aromatic carbocycles. The van der Waals surface area contributed by atoms with Crippen molar-refractivity contribution in [2.45, 2.75) is 142 Å². The van der Waals surface area contributed by atoms with E-state index in [1.54, 1.807) is 0 Å². The number of hydrogen-bond donors (Lipinski definition) is 0. The smallest absolute Gasteiger partial charge is 0.252 e. The Morgan fingerprint density at radius 3 is 1.68 bits per heavy atom. The van der Waals surface area contributed by atoms with Gasteiger partial charge in [0, 0.05) is 40.9 Å². The summed E-state index contributed by atoms with van der Waals surface area (Å²) in [6.07, 6.45) is 5.63. The molecule has 0 aromatic heterocycles. The van der Waals surface area contributed by atoms with Crippen LogP contribution in [0.4, 0.5) is 34.1 Å². The zero-order valence-corrected chi connectivity index (χ0v) is 37.7. The van der Waals surface area contributed by atoms with Gasteiger partial charge in [0.05, 0.1) is 18.9 Å². The van der Waals surface area contributed by atoms with E-state index in [9.17, 15) is 0 Å². The minimum absolute atomic E-state index is 0.0133. The Morgan fingerprint density at radius 1 is 0.508 bits per heavy atom. The summed E-state index contributed by atoms with van der Waals surface area (Å²) in [4.78, 5) is 5.18. The molecule has 0 bridgehead atoms. The Labute approximate surface area is 354 Å². The fourth-order valence-corrected chi connectivity index (χ4v) is 11.2. The zero-order valence-electron chi connectivity index (χ0n) is 37.7. The van der Waals surface area contributed by atoms with Gasteiger partial charge in [0.2, 0.25) is 0 Å². The van der Waals surface area contributed by atoms with Crippen LogP contribution in [0.2, 0.25) is 0 Å². The van der Waals surface area contributed by atoms with Crippen LogP contribution in [-0.4, -0.2) is 19.9 Å². The molecule has 0 amide bonds. The van der Waals surface area contributed by atoms with Gasteiger partial charge in [-0.1, -0.05) is 100 Å². The molecule has 5 aliphatic rings. The average molecular weight is 783 g/mol. The van der Waals surface area contributed by atoms with Crippen LogP contribution < -0.4 is 35.7 Å². The Bertz CT molecular complexity index is 2570. The van der Waals surface area contributed by atoms with E-state index in [2.05, 4.69) is 172 Å². The lowest BCUT2D eigenvalue weighted by Gasteiger charge is -2.48. The molecule has 4 nitrogen and oxygen atoms in total. The van der Waals surface area contributed by atoms with E-state index in [4.69, 9.17) is 9.47 Å². The van der Waals surface area contributed by atoms with Crippen molar-refractivity contribution >= 4 is 57.2 Å². The van der Waals surface area contributed by atoms with Crippen LogP contribution >= 0.6 is 0 Å². The highest BCUT2D eigenvalue weighted by Gasteiger charge is 2.47. The molecule has 0 saturated heterocycles. The van der Waals surface area contributed by atoms with Gasteiger partial charge in [0.15, 0.2) is 11.5 Å². The van der Waals surface area contributed by atoms with Crippen molar-refractivity contribution in [3.63, 3.8) is 0 Å². The van der Waals surface area contributed by atoms with E-state index >= 15 is 0 Å². The van der Waals surface area contributed by atoms with Crippen LogP contribution in [0.1, 0.15) is 142 Å². The molecule has 0 spiro atoms. The van der Waals surface area contributed by atoms with Crippen molar-refractivity contribution in [2.24, 2.45) is 0 Å². The van der Waals surface area contributed by atoms with E-state index in [1.165, 1.54) is 104 Å². The van der Waals surface area contributed by atoms with Crippen LogP contribution in [0.5, 0.6) is 11.5 Å². The Balaban J connectivity index is 1.31. The molecule has 0 saturated carbocycles. The molecular weight excluding hydrogens is 719 g/mol. The predicted octanol–water partition coefficient (Wildman–Crippen LogP) is 12.2. The average Bonchev–Trinajstić information content (AvgIpc) is 3.42. The maximum Gasteiger partial charge on any atom is 0.252 e. The first-order valence-electron chi connectivity index (χ1n) is 22.4. The zero-order chi connectivity index (χ0) is 41.6. The second kappa shape index (κ2) is 12.7. The quantitative estimate of drug-likeness (QED) is 0.163. The molecule has 0 radical (unpaired) electrons. The van der Waals surface area contributed by atoms with Gasteiger partial charge in [0.25, 0.3) is 6.71 Å². The molecule has 59 heavy (non-hydrogen) atoms. The van der Waals surface area contributed by atoms with Crippen molar-refractivity contribution in [2.75, 3.05) is 23.0 Å². The van der Waals surface area contributed by atoms with Crippen LogP contribution in [0, 0.1) is 6.92 Å². The maximum atomic E-state index is 6.35. The lowest BCUT2D eigenvalue weighted by molar-refractivity contribution is 0.297. The molecule has 3 heterocycles. The van der Waals surface area contributed by atoms with Crippen molar-refractivity contribution in [3.05, 3.63) is 112 Å². The lowest BCUT2D eigenvalue weighted by Crippen LogP contribution is -2.62. The summed E-state index contributed by atoms with van der Waals surface area (Å²) in [5.41, 5.74) is 20.5. The molecule has 0 atom stereocenters. The first kappa shape index (κ1) is 38.6. The molecule has 5 heteroatoms. The van der Waals surface area contributed by atoms with E-state index in [0.29, 0.717) is 13.2 Å². The lowest BCUT2D eigenvalue weighted by atomic mass is 9.33. The summed E-state index contributed by atoms with van der Waals surface area (Å²) >= 11 is 0. The van der Waals surface area contributed by atoms with E-state index in [1.807, 2.05) is 0 Å². The minimum Gasteiger partial charge on any atom is -0.490 e. The maximum absolute atomic E-state index is 6.35. The Morgan fingerprint density at radius 2 is 1.03 bits per heavy atom. The van der Waals surface area contributed by atoms with E-state index < -0.39 is 0 Å². The molecule has 304 valence electrons. The van der Waals surface area contributed by atoms with Crippen molar-refractivity contribution in [1.82, 2.24) is 0 Å². The van der Waals surface area contributed by atoms with E-state index in [-0.39, 0.29) is 33.8 Å². The fraction of sp³-hybridized carbons (Fsp3) is 0.444. The van der Waals surface area contributed by atoms with Gasteiger partial charge in [-0.2, -0.15) is 0 Å². The van der Waals surface area contributed by atoms with Gasteiger partial charge in [0.1, 0.15) is 0 Å². The summed E-state index contributed by atoms with van der Waals surface area (Å²) in [5, 5.41) is 0. The normalized spacial score (nSPS) is 20.1. The molecule has 2 aliphatic carbocycles. The van der Waals surface area contributed by atoms with Gasteiger partial charge < -0.3 is 19.3 Å². The molecule has 0 N–H and O–H groups in total. The van der Waals surface area contributed by atoms with Crippen molar-refractivity contribution in [3.8, 4) is 11.5 Å². The molecule has 3 aliphatic heterocycles. The fourth-order valence-electron chi connectivity index (χ4n) is 11.2. The standard InChI is InChI=1S/C54H63BN2O2/c1-33-26-45-49-46(27-33)57(35-15-17-37-38(29-35)52(7,8)21-20-51(37,5)6)44-32-40-39(53(9,10)22-23-54(40,11)12)31-42(44)55(49)41-28-34(50(2,3)4)14-18-43(41)56(45)36-16-19-47-48(30-36)59-25-13-24-58-47/h14-19,26-32H,13,20-25H2,1-12H3. The second-order valence-electron chi connectivity index (χ2n) is 22.2. The summed E-state index contributed by atoms with van der Waals surface area (Å²) in [7, 11) is 0. The topological polar surface area (TPSA) is 24.9 Å². The molecule has 0 unspecified atom stereocenters. The van der Waals surface area contributed by atoms with Crippen molar-refractivity contribution in [1.29, 1.82) is 0 Å². The number of aryl methyl sites for hydroxylation is 1. The molecule has 5 aromatic rings. The van der Waals surface area contributed by atoms with Gasteiger partial charge in [-0.25, -0.2) is 0 Å². The van der Waals surface area contributed by atoms with Crippen molar-refractivity contribution < 1.29 is 9.47 Å². The van der Waals surface area contributed by atoms with Gasteiger partial charge in [-0.15, -0.1) is 0 Å². The summed E-state index contributed by atoms with van der Waals surface area (Å²) in [6, 6.07) is 31.5. The molecule has 10 rings (SSSR count). The highest BCUT2D eigenvalue weighted by atomic mass is 16.5. The third-order valence-corrected chi connectivity index (χ3v) is 15.1. The number of ether oxygens (including phenoxy) is 2. The van der Waals surface area contributed by atoms with Gasteiger partial charge in [-0.3, -0.25) is 0 Å². The second-order valence-corrected chi connectivity index (χ2v) is 22.2. The summed E-state index contributed by atoms with van der Waals surface area (Å²) in [6.45, 7) is 30.4. The number of fused-ring (bicyclic) bond motifs is 7. The first-order valence-corrected chi connectivity index (χ1v) is 22.4. The number of hydrogen-bond acceptors (Lipinski definition) is 4. The van der Waals surface area contributed by atoms with Crippen LogP contribution in [0.25, 0.3) is 0 Å². The highest BCUT2D eigenvalue weighted by molar-refractivity contribution is 7.00. The molecule has 0 fully saturated rings. The van der Waals surface area contributed by atoms with Crippen LogP contribution in [0.3, 0.4) is 0 Å². The number of nitrogens with zero attached hydrogens (tertiary/aromatic N) is 2. The highest BCUT2D eigenvalue weighted by Crippen LogP contribution is 2.53. The van der Waals surface area contributed by atoms with Gasteiger partial charge >= 0.3 is 0 Å². The van der Waals surface area contributed by atoms with E-state index in [0.717, 1.165) is 23.6 Å². The number of benzene rings is 5. The number of rotatable bonds is 2. The Hall–Kier alpha value is -4.64. The molecular formula is C54H63BN2O2. The SMILES string of the molecule is Cc1cc2c3c(c1)N(c1ccc4c(c1)C(C)(C)CCC4(C)C)c1cc4c(cc1B3c1cc(C(C)(C)C)ccc1N2c1ccc2c(c1)OCCCO2)C(C)(C)CCC4(C)C. The predicted molar refractivity (Wildman–Crippen MR) is 250 cm³/mol. The van der Waals surface area contributed by atoms with Crippen LogP contribution in [-0.2, 0) is 27.1 Å².